The molecule has 3 fully saturated rings. The van der Waals surface area contributed by atoms with Crippen molar-refractivity contribution >= 4 is 5.82 Å². The Hall–Kier alpha value is -2.33. The van der Waals surface area contributed by atoms with Crippen LogP contribution in [-0.2, 0) is 17.8 Å². The zero-order valence-electron chi connectivity index (χ0n) is 15.1. The fraction of sp³-hybridized carbons (Fsp3) is 0.611. The third-order valence-electron chi connectivity index (χ3n) is 6.78. The molecule has 10 heteroatoms. The smallest absolute Gasteiger partial charge is 0.349 e. The number of ether oxygens (including phenoxy) is 1. The van der Waals surface area contributed by atoms with Gasteiger partial charge in [0.1, 0.15) is 5.82 Å². The Kier molecular flexibility index (Phi) is 2.96. The van der Waals surface area contributed by atoms with Gasteiger partial charge in [0.2, 0.25) is 0 Å². The fourth-order valence-corrected chi connectivity index (χ4v) is 5.22. The van der Waals surface area contributed by atoms with Crippen LogP contribution in [0.1, 0.15) is 31.0 Å². The fourth-order valence-electron chi connectivity index (χ4n) is 5.22. The first kappa shape index (κ1) is 16.6. The SMILES string of the molecule is Nc1ccn(C2C[C@]23O[C@]2(C[C@@H]2N2CCn4nccc4C2)CC3(F)F)c(=O)n1. The van der Waals surface area contributed by atoms with Crippen LogP contribution in [0.15, 0.2) is 29.3 Å². The number of nitrogens with two attached hydrogens (primary N) is 1. The second kappa shape index (κ2) is 4.98. The lowest BCUT2D eigenvalue weighted by atomic mass is 10.1. The molecule has 2 N–H and O–H groups in total. The third kappa shape index (κ3) is 2.07. The van der Waals surface area contributed by atoms with Crippen LogP contribution >= 0.6 is 0 Å². The molecule has 2 aliphatic carbocycles. The summed E-state index contributed by atoms with van der Waals surface area (Å²) >= 11 is 0. The van der Waals surface area contributed by atoms with Gasteiger partial charge in [0.05, 0.1) is 23.9 Å². The number of nitrogens with zero attached hydrogens (tertiary/aromatic N) is 5. The molecule has 148 valence electrons. The summed E-state index contributed by atoms with van der Waals surface area (Å²) in [4.78, 5) is 18.0. The molecule has 0 radical (unpaired) electrons. The molecule has 8 nitrogen and oxygen atoms in total. The van der Waals surface area contributed by atoms with E-state index < -0.39 is 28.9 Å². The Morgan fingerprint density at radius 3 is 2.89 bits per heavy atom. The molecule has 2 saturated carbocycles. The number of hydrogen-bond donors (Lipinski definition) is 1. The third-order valence-corrected chi connectivity index (χ3v) is 6.78. The van der Waals surface area contributed by atoms with E-state index in [-0.39, 0.29) is 24.7 Å². The molecule has 0 amide bonds. The molecule has 2 aromatic heterocycles. The lowest BCUT2D eigenvalue weighted by Crippen LogP contribution is -2.39. The van der Waals surface area contributed by atoms with E-state index in [1.54, 1.807) is 6.20 Å². The summed E-state index contributed by atoms with van der Waals surface area (Å²) in [7, 11) is 0. The van der Waals surface area contributed by atoms with Crippen molar-refractivity contribution in [1.82, 2.24) is 24.2 Å². The predicted octanol–water partition coefficient (Wildman–Crippen LogP) is 0.788. The molecule has 0 aromatic carbocycles. The highest BCUT2D eigenvalue weighted by atomic mass is 19.3. The first-order valence-electron chi connectivity index (χ1n) is 9.51. The Bertz CT molecular complexity index is 1040. The maximum absolute atomic E-state index is 15.1. The van der Waals surface area contributed by atoms with Crippen molar-refractivity contribution < 1.29 is 13.5 Å². The molecule has 4 aliphatic rings. The first-order valence-corrected chi connectivity index (χ1v) is 9.51. The van der Waals surface area contributed by atoms with Gasteiger partial charge in [0, 0.05) is 44.4 Å². The molecule has 2 spiro atoms. The minimum absolute atomic E-state index is 0.0242. The molecule has 6 rings (SSSR count). The molecule has 2 aliphatic heterocycles. The summed E-state index contributed by atoms with van der Waals surface area (Å²) < 4.78 is 39.5. The maximum atomic E-state index is 15.1. The summed E-state index contributed by atoms with van der Waals surface area (Å²) in [5, 5.41) is 4.27. The van der Waals surface area contributed by atoms with E-state index in [1.165, 1.54) is 16.8 Å². The van der Waals surface area contributed by atoms with Gasteiger partial charge in [-0.3, -0.25) is 14.1 Å². The van der Waals surface area contributed by atoms with Gasteiger partial charge in [-0.15, -0.1) is 0 Å². The minimum atomic E-state index is -2.98. The highest BCUT2D eigenvalue weighted by molar-refractivity contribution is 5.31. The minimum Gasteiger partial charge on any atom is -0.383 e. The van der Waals surface area contributed by atoms with Crippen molar-refractivity contribution in [3.8, 4) is 0 Å². The zero-order chi connectivity index (χ0) is 19.3. The van der Waals surface area contributed by atoms with Crippen molar-refractivity contribution in [3.05, 3.63) is 40.7 Å². The highest BCUT2D eigenvalue weighted by Gasteiger charge is 2.84. The molecule has 1 unspecified atom stereocenters. The molecule has 4 atom stereocenters. The number of nitrogen functional groups attached to an aromatic ring is 1. The molecule has 4 heterocycles. The largest absolute Gasteiger partial charge is 0.383 e. The van der Waals surface area contributed by atoms with Gasteiger partial charge in [-0.2, -0.15) is 10.1 Å². The predicted molar refractivity (Wildman–Crippen MR) is 93.7 cm³/mol. The van der Waals surface area contributed by atoms with Crippen LogP contribution in [0, 0.1) is 0 Å². The summed E-state index contributed by atoms with van der Waals surface area (Å²) in [6, 6.07) is 2.69. The van der Waals surface area contributed by atoms with Crippen molar-refractivity contribution in [2.45, 2.75) is 61.6 Å². The molecule has 2 aromatic rings. The molecule has 0 bridgehead atoms. The lowest BCUT2D eigenvalue weighted by Gasteiger charge is -2.29. The average Bonchev–Trinajstić information content (AvgIpc) is 3.43. The number of aromatic nitrogens is 4. The lowest BCUT2D eigenvalue weighted by molar-refractivity contribution is -0.106. The number of rotatable bonds is 2. The topological polar surface area (TPSA) is 91.2 Å². The van der Waals surface area contributed by atoms with Gasteiger partial charge < -0.3 is 10.5 Å². The Morgan fingerprint density at radius 1 is 1.21 bits per heavy atom. The van der Waals surface area contributed by atoms with Gasteiger partial charge >= 0.3 is 5.69 Å². The Morgan fingerprint density at radius 2 is 2.07 bits per heavy atom. The van der Waals surface area contributed by atoms with E-state index in [9.17, 15) is 4.79 Å². The second-order valence-electron chi connectivity index (χ2n) is 8.44. The van der Waals surface area contributed by atoms with Crippen LogP contribution in [-0.4, -0.2) is 53.9 Å². The van der Waals surface area contributed by atoms with Crippen LogP contribution in [0.4, 0.5) is 14.6 Å². The van der Waals surface area contributed by atoms with Crippen LogP contribution in [0.2, 0.25) is 0 Å². The number of hydrogen-bond acceptors (Lipinski definition) is 6. The van der Waals surface area contributed by atoms with Gasteiger partial charge in [-0.25, -0.2) is 13.6 Å². The normalized spacial score (nSPS) is 38.1. The number of halogens is 2. The summed E-state index contributed by atoms with van der Waals surface area (Å²) in [6.07, 6.45) is 3.62. The quantitative estimate of drug-likeness (QED) is 0.815. The number of anilines is 1. The molecule has 1 saturated heterocycles. The van der Waals surface area contributed by atoms with Gasteiger partial charge in [-0.1, -0.05) is 0 Å². The Labute approximate surface area is 158 Å². The van der Waals surface area contributed by atoms with Crippen molar-refractivity contribution in [2.24, 2.45) is 0 Å². The molecular weight excluding hydrogens is 370 g/mol. The first-order chi connectivity index (χ1) is 13.3. The molecule has 28 heavy (non-hydrogen) atoms. The van der Waals surface area contributed by atoms with Gasteiger partial charge in [0.15, 0.2) is 5.60 Å². The van der Waals surface area contributed by atoms with Crippen molar-refractivity contribution in [1.29, 1.82) is 0 Å². The van der Waals surface area contributed by atoms with Crippen LogP contribution < -0.4 is 11.4 Å². The monoisotopic (exact) mass is 390 g/mol. The number of fused-ring (bicyclic) bond motifs is 1. The standard InChI is InChI=1S/C18H20F2N6O2/c19-18(20)10-16(7-12(16)24-5-6-26-11(9-24)1-3-22-26)28-17(18)8-13(17)25-4-2-14(21)23-15(25)27/h1-4,12-13H,5-10H2,(H2,21,23,27)/t12-,13?,16+,17-/m0/s1. The summed E-state index contributed by atoms with van der Waals surface area (Å²) in [5.41, 5.74) is 3.55. The van der Waals surface area contributed by atoms with Gasteiger partial charge in [-0.05, 0) is 18.6 Å². The van der Waals surface area contributed by atoms with Crippen LogP contribution in [0.5, 0.6) is 0 Å². The van der Waals surface area contributed by atoms with Crippen LogP contribution in [0.25, 0.3) is 0 Å². The van der Waals surface area contributed by atoms with Crippen molar-refractivity contribution in [3.63, 3.8) is 0 Å². The van der Waals surface area contributed by atoms with E-state index in [1.807, 2.05) is 10.7 Å². The summed E-state index contributed by atoms with van der Waals surface area (Å²) in [6.45, 7) is 2.22. The van der Waals surface area contributed by atoms with E-state index in [2.05, 4.69) is 15.0 Å². The van der Waals surface area contributed by atoms with Crippen LogP contribution in [0.3, 0.4) is 0 Å². The average molecular weight is 390 g/mol. The zero-order valence-corrected chi connectivity index (χ0v) is 15.1. The Balaban J connectivity index is 1.25. The molecular formula is C18H20F2N6O2. The van der Waals surface area contributed by atoms with Crippen molar-refractivity contribution in [2.75, 3.05) is 12.3 Å². The highest BCUT2D eigenvalue weighted by Crippen LogP contribution is 2.72. The van der Waals surface area contributed by atoms with E-state index >= 15 is 8.78 Å². The van der Waals surface area contributed by atoms with Gasteiger partial charge in [0.25, 0.3) is 5.92 Å². The van der Waals surface area contributed by atoms with E-state index in [4.69, 9.17) is 10.5 Å². The van der Waals surface area contributed by atoms with E-state index in [0.29, 0.717) is 13.0 Å². The second-order valence-corrected chi connectivity index (χ2v) is 8.44. The maximum Gasteiger partial charge on any atom is 0.349 e. The van der Waals surface area contributed by atoms with E-state index in [0.717, 1.165) is 18.8 Å². The number of alkyl halides is 2. The summed E-state index contributed by atoms with van der Waals surface area (Å²) in [5.74, 6) is -2.90.